The van der Waals surface area contributed by atoms with E-state index in [1.54, 1.807) is 6.92 Å². The van der Waals surface area contributed by atoms with Gasteiger partial charge in [-0.15, -0.1) is 0 Å². The minimum absolute atomic E-state index is 0.354. The molecule has 0 fully saturated rings. The molecule has 0 aromatic rings. The van der Waals surface area contributed by atoms with E-state index in [9.17, 15) is 9.59 Å². The molecular weight excluding hydrogens is 158 g/mol. The quantitative estimate of drug-likeness (QED) is 0.584. The van der Waals surface area contributed by atoms with E-state index in [1.807, 2.05) is 0 Å². The SMILES string of the molecule is CC#CC(=O)N[C@H](CC)C(=O)O. The highest BCUT2D eigenvalue weighted by Gasteiger charge is 2.15. The minimum Gasteiger partial charge on any atom is -0.480 e. The summed E-state index contributed by atoms with van der Waals surface area (Å²) in [7, 11) is 0. The molecule has 0 aliphatic rings. The normalized spacial score (nSPS) is 10.8. The Bertz CT molecular complexity index is 236. The molecule has 0 aromatic carbocycles. The van der Waals surface area contributed by atoms with Gasteiger partial charge in [-0.25, -0.2) is 4.79 Å². The molecule has 0 saturated heterocycles. The van der Waals surface area contributed by atoms with Crippen molar-refractivity contribution in [3.05, 3.63) is 0 Å². The smallest absolute Gasteiger partial charge is 0.326 e. The van der Waals surface area contributed by atoms with Gasteiger partial charge in [0.2, 0.25) is 0 Å². The van der Waals surface area contributed by atoms with Crippen LogP contribution in [0.1, 0.15) is 20.3 Å². The summed E-state index contributed by atoms with van der Waals surface area (Å²) in [6.45, 7) is 3.19. The van der Waals surface area contributed by atoms with E-state index in [0.717, 1.165) is 0 Å². The van der Waals surface area contributed by atoms with Gasteiger partial charge in [-0.1, -0.05) is 12.8 Å². The topological polar surface area (TPSA) is 66.4 Å². The zero-order valence-electron chi connectivity index (χ0n) is 7.05. The lowest BCUT2D eigenvalue weighted by atomic mass is 10.2. The lowest BCUT2D eigenvalue weighted by molar-refractivity contribution is -0.141. The Morgan fingerprint density at radius 3 is 2.50 bits per heavy atom. The fourth-order valence-corrected chi connectivity index (χ4v) is 0.646. The molecule has 0 rings (SSSR count). The van der Waals surface area contributed by atoms with Gasteiger partial charge >= 0.3 is 5.97 Å². The average Bonchev–Trinajstić information content (AvgIpc) is 2.00. The second-order valence-corrected chi connectivity index (χ2v) is 2.15. The second kappa shape index (κ2) is 5.19. The number of carbonyl (C=O) groups excluding carboxylic acids is 1. The highest BCUT2D eigenvalue weighted by atomic mass is 16.4. The Kier molecular flexibility index (Phi) is 4.54. The number of aliphatic carboxylic acids is 1. The number of carbonyl (C=O) groups is 2. The van der Waals surface area contributed by atoms with Crippen LogP contribution < -0.4 is 5.32 Å². The number of nitrogens with one attached hydrogen (secondary N) is 1. The van der Waals surface area contributed by atoms with Gasteiger partial charge < -0.3 is 10.4 Å². The fraction of sp³-hybridized carbons (Fsp3) is 0.500. The molecular formula is C8H11NO3. The predicted octanol–water partition coefficient (Wildman–Crippen LogP) is -0.0109. The van der Waals surface area contributed by atoms with Gasteiger partial charge in [0.25, 0.3) is 5.91 Å². The molecule has 0 aromatic heterocycles. The fourth-order valence-electron chi connectivity index (χ4n) is 0.646. The zero-order chi connectivity index (χ0) is 9.56. The first-order valence-corrected chi connectivity index (χ1v) is 3.57. The van der Waals surface area contributed by atoms with E-state index in [1.165, 1.54) is 6.92 Å². The third-order valence-corrected chi connectivity index (χ3v) is 1.25. The summed E-state index contributed by atoms with van der Waals surface area (Å²) in [6, 6.07) is -0.835. The van der Waals surface area contributed by atoms with Crippen molar-refractivity contribution < 1.29 is 14.7 Å². The monoisotopic (exact) mass is 169 g/mol. The molecule has 12 heavy (non-hydrogen) atoms. The molecule has 0 saturated carbocycles. The van der Waals surface area contributed by atoms with Crippen molar-refractivity contribution in [2.24, 2.45) is 0 Å². The van der Waals surface area contributed by atoms with E-state index >= 15 is 0 Å². The number of carboxylic acid groups (broad SMARTS) is 1. The van der Waals surface area contributed by atoms with Crippen LogP contribution in [0.15, 0.2) is 0 Å². The molecule has 66 valence electrons. The van der Waals surface area contributed by atoms with Gasteiger partial charge in [0.1, 0.15) is 6.04 Å². The van der Waals surface area contributed by atoms with Gasteiger partial charge in [0, 0.05) is 0 Å². The molecule has 0 aliphatic carbocycles. The lowest BCUT2D eigenvalue weighted by Crippen LogP contribution is -2.39. The van der Waals surface area contributed by atoms with Crippen LogP contribution in [0.2, 0.25) is 0 Å². The highest BCUT2D eigenvalue weighted by molar-refractivity contribution is 5.95. The maximum absolute atomic E-state index is 10.8. The Balaban J connectivity index is 4.09. The van der Waals surface area contributed by atoms with Crippen molar-refractivity contribution in [3.8, 4) is 11.8 Å². The summed E-state index contributed by atoms with van der Waals surface area (Å²) >= 11 is 0. The van der Waals surface area contributed by atoms with Crippen LogP contribution in [0.5, 0.6) is 0 Å². The number of hydrogen-bond acceptors (Lipinski definition) is 2. The molecule has 0 aliphatic heterocycles. The van der Waals surface area contributed by atoms with Crippen molar-refractivity contribution in [1.29, 1.82) is 0 Å². The van der Waals surface area contributed by atoms with Crippen LogP contribution in [0.3, 0.4) is 0 Å². The molecule has 4 heteroatoms. The van der Waals surface area contributed by atoms with Crippen molar-refractivity contribution in [3.63, 3.8) is 0 Å². The Morgan fingerprint density at radius 2 is 2.17 bits per heavy atom. The third kappa shape index (κ3) is 3.62. The first-order valence-electron chi connectivity index (χ1n) is 3.57. The average molecular weight is 169 g/mol. The molecule has 0 radical (unpaired) electrons. The van der Waals surface area contributed by atoms with Crippen LogP contribution in [0, 0.1) is 11.8 Å². The molecule has 4 nitrogen and oxygen atoms in total. The highest BCUT2D eigenvalue weighted by Crippen LogP contribution is 1.89. The van der Waals surface area contributed by atoms with E-state index in [-0.39, 0.29) is 0 Å². The van der Waals surface area contributed by atoms with Crippen molar-refractivity contribution in [1.82, 2.24) is 5.32 Å². The van der Waals surface area contributed by atoms with Crippen molar-refractivity contribution in [2.45, 2.75) is 26.3 Å². The van der Waals surface area contributed by atoms with Crippen molar-refractivity contribution in [2.75, 3.05) is 0 Å². The van der Waals surface area contributed by atoms with E-state index < -0.39 is 17.9 Å². The van der Waals surface area contributed by atoms with E-state index in [2.05, 4.69) is 17.2 Å². The van der Waals surface area contributed by atoms with Gasteiger partial charge in [-0.2, -0.15) is 0 Å². The molecule has 2 N–H and O–H groups in total. The summed E-state index contributed by atoms with van der Waals surface area (Å²) in [5.41, 5.74) is 0. The number of hydrogen-bond donors (Lipinski definition) is 2. The maximum atomic E-state index is 10.8. The van der Waals surface area contributed by atoms with Gasteiger partial charge in [-0.3, -0.25) is 4.79 Å². The standard InChI is InChI=1S/C8H11NO3/c1-3-5-7(10)9-6(4-2)8(11)12/h6H,4H2,1-2H3,(H,9,10)(H,11,12)/t6-/m1/s1. The summed E-state index contributed by atoms with van der Waals surface area (Å²) in [5, 5.41) is 10.8. The number of amides is 1. The Morgan fingerprint density at radius 1 is 1.58 bits per heavy atom. The molecule has 0 unspecified atom stereocenters. The summed E-state index contributed by atoms with van der Waals surface area (Å²) in [6.07, 6.45) is 0.354. The lowest BCUT2D eigenvalue weighted by Gasteiger charge is -2.08. The van der Waals surface area contributed by atoms with Crippen LogP contribution in [0.25, 0.3) is 0 Å². The van der Waals surface area contributed by atoms with E-state index in [4.69, 9.17) is 5.11 Å². The molecule has 0 bridgehead atoms. The largest absolute Gasteiger partial charge is 0.480 e. The first-order chi connectivity index (χ1) is 5.61. The predicted molar refractivity (Wildman–Crippen MR) is 43.3 cm³/mol. The number of rotatable bonds is 3. The van der Waals surface area contributed by atoms with Crippen molar-refractivity contribution >= 4 is 11.9 Å². The summed E-state index contributed by atoms with van der Waals surface area (Å²) in [5.74, 6) is 3.00. The van der Waals surface area contributed by atoms with Crippen LogP contribution >= 0.6 is 0 Å². The van der Waals surface area contributed by atoms with E-state index in [0.29, 0.717) is 6.42 Å². The third-order valence-electron chi connectivity index (χ3n) is 1.25. The number of carboxylic acids is 1. The molecule has 1 atom stereocenters. The van der Waals surface area contributed by atoms with Crippen LogP contribution in [-0.2, 0) is 9.59 Å². The Labute approximate surface area is 71.0 Å². The van der Waals surface area contributed by atoms with Crippen LogP contribution in [0.4, 0.5) is 0 Å². The summed E-state index contributed by atoms with van der Waals surface area (Å²) < 4.78 is 0. The van der Waals surface area contributed by atoms with Gasteiger partial charge in [-0.05, 0) is 19.3 Å². The molecule has 0 spiro atoms. The van der Waals surface area contributed by atoms with Crippen LogP contribution in [-0.4, -0.2) is 23.0 Å². The summed E-state index contributed by atoms with van der Waals surface area (Å²) in [4.78, 5) is 21.2. The first kappa shape index (κ1) is 10.5. The Hall–Kier alpha value is -1.50. The molecule has 0 heterocycles. The minimum atomic E-state index is -1.04. The van der Waals surface area contributed by atoms with Gasteiger partial charge in [0.05, 0.1) is 0 Å². The second-order valence-electron chi connectivity index (χ2n) is 2.15. The maximum Gasteiger partial charge on any atom is 0.326 e. The molecule has 1 amide bonds. The zero-order valence-corrected chi connectivity index (χ0v) is 7.05. The van der Waals surface area contributed by atoms with Gasteiger partial charge in [0.15, 0.2) is 0 Å².